The molecule has 0 saturated carbocycles. The van der Waals surface area contributed by atoms with Crippen molar-refractivity contribution in [2.24, 2.45) is 35.2 Å². The van der Waals surface area contributed by atoms with Gasteiger partial charge in [-0.05, 0) is 24.3 Å². The zero-order valence-corrected chi connectivity index (χ0v) is 31.2. The molecule has 0 bridgehead atoms. The van der Waals surface area contributed by atoms with E-state index in [2.05, 4.69) is 41.6 Å². The molecule has 2 aromatic heterocycles. The molecule has 23 heteroatoms. The average Bonchev–Trinajstić information content (AvgIpc) is 3.58. The Balaban J connectivity index is 0.000000497. The summed E-state index contributed by atoms with van der Waals surface area (Å²) in [4.78, 5) is 109. The van der Waals surface area contributed by atoms with Crippen LogP contribution in [-0.4, -0.2) is 126 Å². The Labute approximate surface area is 319 Å². The molecule has 0 spiro atoms. The van der Waals surface area contributed by atoms with Crippen LogP contribution >= 0.6 is 0 Å². The molecule has 3 aromatic rings. The molecular weight excluding hydrogens is 736 g/mol. The van der Waals surface area contributed by atoms with Crippen molar-refractivity contribution in [2.75, 3.05) is 20.1 Å². The number of carbonyl (C=O) groups excluding carboxylic acids is 6. The summed E-state index contributed by atoms with van der Waals surface area (Å²) in [6, 6.07) is 3.92. The highest BCUT2D eigenvalue weighted by atomic mass is 16.4. The number of carbonyl (C=O) groups is 7. The molecule has 1 saturated heterocycles. The summed E-state index contributed by atoms with van der Waals surface area (Å²) in [5.41, 5.74) is 16.0. The smallest absolute Gasteiger partial charge is 0.352 e. The van der Waals surface area contributed by atoms with Gasteiger partial charge in [0, 0.05) is 27.1 Å². The number of carboxylic acids is 1. The van der Waals surface area contributed by atoms with Crippen molar-refractivity contribution in [3.8, 4) is 0 Å². The minimum absolute atomic E-state index is 0.0311. The van der Waals surface area contributed by atoms with Gasteiger partial charge in [0.15, 0.2) is 17.3 Å². The van der Waals surface area contributed by atoms with Crippen molar-refractivity contribution in [1.82, 2.24) is 50.5 Å². The van der Waals surface area contributed by atoms with E-state index in [0.29, 0.717) is 12.0 Å². The van der Waals surface area contributed by atoms with Crippen molar-refractivity contribution in [2.45, 2.75) is 63.7 Å². The second-order valence-corrected chi connectivity index (χ2v) is 13.0. The van der Waals surface area contributed by atoms with Crippen LogP contribution in [0.4, 0.5) is 0 Å². The van der Waals surface area contributed by atoms with Crippen molar-refractivity contribution in [1.29, 1.82) is 0 Å². The number of imidazole rings is 1. The number of rotatable bonds is 10. The van der Waals surface area contributed by atoms with E-state index in [1.165, 1.54) is 25.3 Å². The molecule has 0 aliphatic carbocycles. The number of aromatic nitrogens is 5. The van der Waals surface area contributed by atoms with E-state index >= 15 is 0 Å². The second kappa shape index (κ2) is 19.9. The molecule has 302 valence electrons. The van der Waals surface area contributed by atoms with E-state index in [-0.39, 0.29) is 36.7 Å². The first-order valence-electron chi connectivity index (χ1n) is 17.2. The number of hydrogen-bond acceptors (Lipinski definition) is 12. The molecule has 0 radical (unpaired) electrons. The van der Waals surface area contributed by atoms with Crippen LogP contribution < -0.4 is 44.2 Å². The van der Waals surface area contributed by atoms with Crippen molar-refractivity contribution < 1.29 is 38.7 Å². The summed E-state index contributed by atoms with van der Waals surface area (Å²) in [6.07, 6.45) is 0.865. The van der Waals surface area contributed by atoms with Crippen LogP contribution in [0.25, 0.3) is 5.65 Å². The van der Waals surface area contributed by atoms with Crippen LogP contribution in [0.1, 0.15) is 49.2 Å². The average molecular weight is 783 g/mol. The van der Waals surface area contributed by atoms with E-state index in [9.17, 15) is 43.5 Å². The summed E-state index contributed by atoms with van der Waals surface area (Å²) < 4.78 is 2.13. The molecule has 56 heavy (non-hydrogen) atoms. The van der Waals surface area contributed by atoms with Gasteiger partial charge in [0.2, 0.25) is 29.5 Å². The van der Waals surface area contributed by atoms with Gasteiger partial charge >= 0.3 is 11.7 Å². The SMILES string of the molecule is CC(C)[C@H]1C(=O)N[C@@H](CCCN=C(N)N)C(=O)NCC(=O)N[C@@H](CC(=O)O)C(=O)N[C@H](Cc2ccccc2)C(=O)N1C.Cn1nnc2c(C(N)=O)ncn2c1=O. The van der Waals surface area contributed by atoms with E-state index in [0.717, 1.165) is 9.08 Å². The first-order chi connectivity index (χ1) is 26.4. The van der Waals surface area contributed by atoms with Gasteiger partial charge in [-0.25, -0.2) is 14.2 Å². The molecule has 11 N–H and O–H groups in total. The zero-order chi connectivity index (χ0) is 41.7. The number of primary amides is 1. The number of hydrogen-bond donors (Lipinski definition) is 8. The van der Waals surface area contributed by atoms with Gasteiger partial charge in [0.05, 0.1) is 13.0 Å². The molecule has 6 amide bonds. The predicted molar refractivity (Wildman–Crippen MR) is 197 cm³/mol. The molecule has 0 unspecified atom stereocenters. The lowest BCUT2D eigenvalue weighted by atomic mass is 9.98. The Morgan fingerprint density at radius 3 is 2.20 bits per heavy atom. The molecule has 1 aliphatic heterocycles. The number of aliphatic imine (C=N–C) groups is 1. The van der Waals surface area contributed by atoms with Crippen LogP contribution in [0.15, 0.2) is 46.4 Å². The molecule has 1 aliphatic rings. The highest BCUT2D eigenvalue weighted by molar-refractivity contribution is 5.98. The minimum Gasteiger partial charge on any atom is -0.481 e. The lowest BCUT2D eigenvalue weighted by Crippen LogP contribution is -2.59. The topological polar surface area (TPSA) is 347 Å². The van der Waals surface area contributed by atoms with Gasteiger partial charge in [-0.15, -0.1) is 5.10 Å². The lowest BCUT2D eigenvalue weighted by Gasteiger charge is -2.34. The van der Waals surface area contributed by atoms with Crippen molar-refractivity contribution in [3.63, 3.8) is 0 Å². The fourth-order valence-corrected chi connectivity index (χ4v) is 5.64. The summed E-state index contributed by atoms with van der Waals surface area (Å²) in [5, 5.41) is 26.5. The summed E-state index contributed by atoms with van der Waals surface area (Å²) in [7, 11) is 2.86. The Morgan fingerprint density at radius 2 is 1.59 bits per heavy atom. The zero-order valence-electron chi connectivity index (χ0n) is 31.2. The monoisotopic (exact) mass is 782 g/mol. The summed E-state index contributed by atoms with van der Waals surface area (Å²) >= 11 is 0. The molecule has 4 atom stereocenters. The van der Waals surface area contributed by atoms with E-state index in [1.54, 1.807) is 44.2 Å². The van der Waals surface area contributed by atoms with Gasteiger partial charge < -0.3 is 48.5 Å². The number of benzene rings is 1. The molecule has 1 fully saturated rings. The fourth-order valence-electron chi connectivity index (χ4n) is 5.64. The Kier molecular flexibility index (Phi) is 15.5. The van der Waals surface area contributed by atoms with E-state index < -0.39 is 90.2 Å². The van der Waals surface area contributed by atoms with Gasteiger partial charge in [-0.3, -0.25) is 38.6 Å². The number of nitrogens with one attached hydrogen (secondary N) is 4. The van der Waals surface area contributed by atoms with Gasteiger partial charge in [0.25, 0.3) is 5.91 Å². The maximum absolute atomic E-state index is 13.8. The van der Waals surface area contributed by atoms with Gasteiger partial charge in [-0.1, -0.05) is 49.4 Å². The molecule has 3 heterocycles. The quantitative estimate of drug-likeness (QED) is 0.0549. The van der Waals surface area contributed by atoms with Crippen LogP contribution in [-0.2, 0) is 42.2 Å². The number of nitrogens with zero attached hydrogens (tertiary/aromatic N) is 7. The third-order valence-corrected chi connectivity index (χ3v) is 8.33. The normalized spacial score (nSPS) is 19.7. The highest BCUT2D eigenvalue weighted by Gasteiger charge is 2.37. The van der Waals surface area contributed by atoms with Crippen LogP contribution in [0.3, 0.4) is 0 Å². The molecule has 23 nitrogen and oxygen atoms in total. The van der Waals surface area contributed by atoms with Crippen LogP contribution in [0, 0.1) is 5.92 Å². The number of carboxylic acid groups (broad SMARTS) is 1. The number of likely N-dealkylation sites (N-methyl/N-ethyl adjacent to an activating group) is 1. The second-order valence-electron chi connectivity index (χ2n) is 13.0. The van der Waals surface area contributed by atoms with E-state index in [4.69, 9.17) is 17.2 Å². The Hall–Kier alpha value is -6.94. The van der Waals surface area contributed by atoms with Crippen molar-refractivity contribution in [3.05, 3.63) is 58.4 Å². The standard InChI is InChI=1S/C27H40N8O7.C6H6N6O2/c1-15(2)22-25(41)33-17(10-7-11-30-27(28)29)23(39)31-14-20(36)32-18(13-21(37)38)24(40)34-19(26(42)35(22)3)12-16-8-5-4-6-9-16;1-11-6(14)12-2-8-3(4(7)13)5(12)9-10-11/h4-6,8-9,15,17-19,22H,7,10-14H2,1-3H3,(H,31,39)(H,32,36)(H,33,41)(H,34,40)(H,37,38)(H4,28,29,30);2H,1H3,(H2,7,13)/t17-,18-,19+,22-;/m0./s1. The maximum Gasteiger partial charge on any atom is 0.352 e. The van der Waals surface area contributed by atoms with Crippen LogP contribution in [0.2, 0.25) is 0 Å². The number of aryl methyl sites for hydroxylation is 1. The molecule has 4 rings (SSSR count). The largest absolute Gasteiger partial charge is 0.481 e. The number of fused-ring (bicyclic) bond motifs is 1. The van der Waals surface area contributed by atoms with Crippen LogP contribution in [0.5, 0.6) is 0 Å². The Morgan fingerprint density at radius 1 is 0.929 bits per heavy atom. The van der Waals surface area contributed by atoms with Crippen molar-refractivity contribution >= 4 is 53.0 Å². The molecule has 1 aromatic carbocycles. The third-order valence-electron chi connectivity index (χ3n) is 8.33. The first kappa shape index (κ1) is 43.5. The third kappa shape index (κ3) is 12.0. The Bertz CT molecular complexity index is 2010. The predicted octanol–water partition coefficient (Wildman–Crippen LogP) is -4.25. The van der Waals surface area contributed by atoms with Gasteiger partial charge in [-0.2, -0.15) is 4.68 Å². The summed E-state index contributed by atoms with van der Waals surface area (Å²) in [6.45, 7) is 3.04. The van der Waals surface area contributed by atoms with Gasteiger partial charge in [0.1, 0.15) is 30.5 Å². The number of guanidine groups is 1. The fraction of sp³-hybridized carbons (Fsp3) is 0.455. The lowest BCUT2D eigenvalue weighted by molar-refractivity contribution is -0.144. The number of aliphatic carboxylic acids is 1. The summed E-state index contributed by atoms with van der Waals surface area (Å²) in [5.74, 6) is -6.32. The highest BCUT2D eigenvalue weighted by Crippen LogP contribution is 2.15. The molecular formula is C33H46N14O9. The first-order valence-corrected chi connectivity index (χ1v) is 17.2. The number of amides is 6. The maximum atomic E-state index is 13.8. The minimum atomic E-state index is -1.54. The van der Waals surface area contributed by atoms with E-state index in [1.807, 2.05) is 0 Å². The number of nitrogens with two attached hydrogens (primary N) is 3.